The number of alkyl halides is 3. The molecule has 2 nitrogen and oxygen atoms in total. The molecule has 1 aliphatic rings. The molecule has 0 atom stereocenters. The van der Waals surface area contributed by atoms with E-state index in [1.807, 2.05) is 11.0 Å². The van der Waals surface area contributed by atoms with Crippen LogP contribution in [0.4, 0.5) is 18.9 Å². The Morgan fingerprint density at radius 2 is 1.90 bits per heavy atom. The average Bonchev–Trinajstić information content (AvgIpc) is 2.38. The second-order valence-electron chi connectivity index (χ2n) is 5.18. The van der Waals surface area contributed by atoms with Gasteiger partial charge in [0.2, 0.25) is 0 Å². The molecule has 1 heterocycles. The number of hydrogen-bond donors (Lipinski definition) is 1. The van der Waals surface area contributed by atoms with E-state index in [4.69, 9.17) is 11.6 Å². The number of anilines is 1. The van der Waals surface area contributed by atoms with E-state index >= 15 is 0 Å². The van der Waals surface area contributed by atoms with Gasteiger partial charge in [-0.15, -0.1) is 0 Å². The van der Waals surface area contributed by atoms with Gasteiger partial charge in [0.25, 0.3) is 0 Å². The topological polar surface area (TPSA) is 23.5 Å². The van der Waals surface area contributed by atoms with Gasteiger partial charge in [-0.25, -0.2) is 0 Å². The molecular formula is C14H17ClF3NO. The lowest BCUT2D eigenvalue weighted by atomic mass is 9.93. The summed E-state index contributed by atoms with van der Waals surface area (Å²) in [6, 6.07) is 5.35. The molecule has 1 aromatic rings. The molecule has 0 aliphatic carbocycles. The number of rotatable bonds is 3. The highest BCUT2D eigenvalue weighted by atomic mass is 35.5. The minimum absolute atomic E-state index is 0.142. The van der Waals surface area contributed by atoms with E-state index in [1.165, 1.54) is 0 Å². The van der Waals surface area contributed by atoms with Gasteiger partial charge in [0.15, 0.2) is 0 Å². The van der Waals surface area contributed by atoms with Crippen LogP contribution in [0.3, 0.4) is 0 Å². The zero-order valence-electron chi connectivity index (χ0n) is 11.0. The first-order valence-corrected chi connectivity index (χ1v) is 6.98. The number of benzene rings is 1. The lowest BCUT2D eigenvalue weighted by Crippen LogP contribution is -2.35. The Kier molecular flexibility index (Phi) is 4.81. The Balaban J connectivity index is 1.97. The maximum atomic E-state index is 12.3. The molecule has 1 aliphatic heterocycles. The third-order valence-electron chi connectivity index (χ3n) is 3.70. The zero-order valence-corrected chi connectivity index (χ0v) is 11.7. The van der Waals surface area contributed by atoms with Crippen molar-refractivity contribution in [1.82, 2.24) is 0 Å². The summed E-state index contributed by atoms with van der Waals surface area (Å²) in [4.78, 5) is 2.04. The second kappa shape index (κ2) is 6.22. The first kappa shape index (κ1) is 15.4. The molecule has 1 N–H and O–H groups in total. The van der Waals surface area contributed by atoms with Crippen LogP contribution < -0.4 is 4.90 Å². The normalized spacial score (nSPS) is 17.6. The number of nitrogens with zero attached hydrogens (tertiary/aromatic N) is 1. The van der Waals surface area contributed by atoms with Gasteiger partial charge in [-0.05, 0) is 42.5 Å². The molecule has 20 heavy (non-hydrogen) atoms. The maximum Gasteiger partial charge on any atom is 0.389 e. The van der Waals surface area contributed by atoms with E-state index in [2.05, 4.69) is 0 Å². The van der Waals surface area contributed by atoms with Crippen LogP contribution in [-0.2, 0) is 6.61 Å². The fraction of sp³-hybridized carbons (Fsp3) is 0.571. The summed E-state index contributed by atoms with van der Waals surface area (Å²) in [6.45, 7) is 1.07. The van der Waals surface area contributed by atoms with Crippen molar-refractivity contribution in [3.05, 3.63) is 28.8 Å². The van der Waals surface area contributed by atoms with Crippen molar-refractivity contribution in [2.24, 2.45) is 5.92 Å². The Hall–Kier alpha value is -0.940. The monoisotopic (exact) mass is 307 g/mol. The number of aliphatic hydroxyl groups is 1. The van der Waals surface area contributed by atoms with E-state index in [9.17, 15) is 18.3 Å². The Labute approximate surface area is 121 Å². The molecule has 0 unspecified atom stereocenters. The summed E-state index contributed by atoms with van der Waals surface area (Å²) in [5.74, 6) is -0.282. The molecular weight excluding hydrogens is 291 g/mol. The van der Waals surface area contributed by atoms with Gasteiger partial charge in [-0.3, -0.25) is 0 Å². The van der Waals surface area contributed by atoms with E-state index in [0.29, 0.717) is 36.5 Å². The lowest BCUT2D eigenvalue weighted by molar-refractivity contribution is -0.145. The quantitative estimate of drug-likeness (QED) is 0.912. The van der Waals surface area contributed by atoms with Crippen LogP contribution in [0.5, 0.6) is 0 Å². The molecule has 0 amide bonds. The van der Waals surface area contributed by atoms with Gasteiger partial charge in [0, 0.05) is 30.2 Å². The number of hydrogen-bond acceptors (Lipinski definition) is 2. The van der Waals surface area contributed by atoms with Gasteiger partial charge in [-0.1, -0.05) is 11.6 Å². The van der Waals surface area contributed by atoms with Crippen molar-refractivity contribution in [3.8, 4) is 0 Å². The van der Waals surface area contributed by atoms with Crippen LogP contribution in [0.1, 0.15) is 24.8 Å². The van der Waals surface area contributed by atoms with Gasteiger partial charge in [-0.2, -0.15) is 13.2 Å². The minimum Gasteiger partial charge on any atom is -0.392 e. The highest BCUT2D eigenvalue weighted by Crippen LogP contribution is 2.33. The highest BCUT2D eigenvalue weighted by Gasteiger charge is 2.33. The average molecular weight is 308 g/mol. The van der Waals surface area contributed by atoms with E-state index < -0.39 is 12.6 Å². The second-order valence-corrected chi connectivity index (χ2v) is 5.59. The summed E-state index contributed by atoms with van der Waals surface area (Å²) < 4.78 is 37.0. The van der Waals surface area contributed by atoms with Crippen molar-refractivity contribution in [2.75, 3.05) is 18.0 Å². The van der Waals surface area contributed by atoms with E-state index in [1.54, 1.807) is 12.1 Å². The molecule has 0 radical (unpaired) electrons. The molecule has 6 heteroatoms. The molecule has 0 saturated carbocycles. The van der Waals surface area contributed by atoms with E-state index in [-0.39, 0.29) is 12.5 Å². The fourth-order valence-corrected chi connectivity index (χ4v) is 2.78. The van der Waals surface area contributed by atoms with Crippen molar-refractivity contribution in [1.29, 1.82) is 0 Å². The Morgan fingerprint density at radius 3 is 2.45 bits per heavy atom. The van der Waals surface area contributed by atoms with Crippen molar-refractivity contribution < 1.29 is 18.3 Å². The van der Waals surface area contributed by atoms with Crippen LogP contribution in [0.15, 0.2) is 18.2 Å². The SMILES string of the molecule is OCc1cc(N2CCC(CC(F)(F)F)CC2)ccc1Cl. The molecule has 1 aromatic carbocycles. The van der Waals surface area contributed by atoms with Crippen molar-refractivity contribution >= 4 is 17.3 Å². The molecule has 112 valence electrons. The highest BCUT2D eigenvalue weighted by molar-refractivity contribution is 6.31. The summed E-state index contributed by atoms with van der Waals surface area (Å²) in [7, 11) is 0. The van der Waals surface area contributed by atoms with Crippen LogP contribution >= 0.6 is 11.6 Å². The Bertz CT molecular complexity index is 456. The van der Waals surface area contributed by atoms with Crippen molar-refractivity contribution in [3.63, 3.8) is 0 Å². The largest absolute Gasteiger partial charge is 0.392 e. The third kappa shape index (κ3) is 4.03. The fourth-order valence-electron chi connectivity index (χ4n) is 2.60. The van der Waals surface area contributed by atoms with Crippen LogP contribution in [0.2, 0.25) is 5.02 Å². The third-order valence-corrected chi connectivity index (χ3v) is 4.07. The minimum atomic E-state index is -4.07. The lowest BCUT2D eigenvalue weighted by Gasteiger charge is -2.34. The van der Waals surface area contributed by atoms with Gasteiger partial charge in [0.1, 0.15) is 0 Å². The zero-order chi connectivity index (χ0) is 14.8. The van der Waals surface area contributed by atoms with Gasteiger partial charge < -0.3 is 10.0 Å². The summed E-state index contributed by atoms with van der Waals surface area (Å²) >= 11 is 5.93. The number of aliphatic hydroxyl groups excluding tert-OH is 1. The Morgan fingerprint density at radius 1 is 1.25 bits per heavy atom. The molecule has 2 rings (SSSR count). The first-order chi connectivity index (χ1) is 9.39. The molecule has 1 saturated heterocycles. The van der Waals surface area contributed by atoms with Crippen LogP contribution in [0.25, 0.3) is 0 Å². The van der Waals surface area contributed by atoms with Gasteiger partial charge in [0.05, 0.1) is 6.61 Å². The molecule has 0 bridgehead atoms. The van der Waals surface area contributed by atoms with Crippen molar-refractivity contribution in [2.45, 2.75) is 32.0 Å². The van der Waals surface area contributed by atoms with Crippen LogP contribution in [-0.4, -0.2) is 24.4 Å². The van der Waals surface area contributed by atoms with Gasteiger partial charge >= 0.3 is 6.18 Å². The summed E-state index contributed by atoms with van der Waals surface area (Å²) in [5, 5.41) is 9.69. The molecule has 1 fully saturated rings. The maximum absolute atomic E-state index is 12.3. The molecule has 0 aromatic heterocycles. The summed E-state index contributed by atoms with van der Waals surface area (Å²) in [6.07, 6.45) is -3.69. The smallest absolute Gasteiger partial charge is 0.389 e. The predicted molar refractivity (Wildman–Crippen MR) is 73.0 cm³/mol. The molecule has 0 spiro atoms. The number of piperidine rings is 1. The summed E-state index contributed by atoms with van der Waals surface area (Å²) in [5.41, 5.74) is 1.55. The predicted octanol–water partition coefficient (Wildman–Crippen LogP) is 4.00. The first-order valence-electron chi connectivity index (χ1n) is 6.60. The van der Waals surface area contributed by atoms with Crippen LogP contribution in [0, 0.1) is 5.92 Å². The number of halogens is 4. The van der Waals surface area contributed by atoms with E-state index in [0.717, 1.165) is 5.69 Å². The standard InChI is InChI=1S/C14H17ClF3NO/c15-13-2-1-12(7-11(13)9-20)19-5-3-10(4-6-19)8-14(16,17)18/h1-2,7,10,20H,3-6,8-9H2.